The van der Waals surface area contributed by atoms with Crippen LogP contribution in [0.4, 0.5) is 0 Å². The van der Waals surface area contributed by atoms with Crippen molar-refractivity contribution in [1.29, 1.82) is 0 Å². The van der Waals surface area contributed by atoms with Gasteiger partial charge in [0, 0.05) is 19.5 Å². The van der Waals surface area contributed by atoms with Crippen LogP contribution < -0.4 is 5.73 Å². The second-order valence-electron chi connectivity index (χ2n) is 5.93. The maximum Gasteiger partial charge on any atom is 0.109 e. The van der Waals surface area contributed by atoms with Crippen molar-refractivity contribution in [2.45, 2.75) is 44.6 Å². The Morgan fingerprint density at radius 2 is 2.05 bits per heavy atom. The number of nitrogens with two attached hydrogens (primary N) is 1. The van der Waals surface area contributed by atoms with Crippen molar-refractivity contribution < 1.29 is 0 Å². The van der Waals surface area contributed by atoms with E-state index in [9.17, 15) is 0 Å². The lowest BCUT2D eigenvalue weighted by Crippen LogP contribution is -2.22. The molecule has 0 radical (unpaired) electrons. The van der Waals surface area contributed by atoms with Gasteiger partial charge in [0.15, 0.2) is 0 Å². The highest BCUT2D eigenvalue weighted by Crippen LogP contribution is 2.26. The number of imidazole rings is 1. The topological polar surface area (TPSA) is 43.8 Å². The summed E-state index contributed by atoms with van der Waals surface area (Å²) < 4.78 is 2.24. The molecule has 0 bridgehead atoms. The van der Waals surface area contributed by atoms with Gasteiger partial charge in [-0.25, -0.2) is 4.98 Å². The van der Waals surface area contributed by atoms with E-state index in [1.54, 1.807) is 0 Å². The standard InChI is InChI=1S/C16H23N3/c1-19-15-9-5-4-8-14(15)18-16(19)11-12-6-2-3-7-13(17)10-12/h4-5,8-9,12-13H,2-3,6-7,10-11,17H2,1H3. The predicted octanol–water partition coefficient (Wildman–Crippen LogP) is 3.02. The van der Waals surface area contributed by atoms with Gasteiger partial charge in [-0.15, -0.1) is 0 Å². The summed E-state index contributed by atoms with van der Waals surface area (Å²) in [4.78, 5) is 4.78. The van der Waals surface area contributed by atoms with Gasteiger partial charge in [-0.2, -0.15) is 0 Å². The minimum absolute atomic E-state index is 0.391. The zero-order valence-electron chi connectivity index (χ0n) is 11.7. The molecule has 1 saturated carbocycles. The normalized spacial score (nSPS) is 24.5. The highest BCUT2D eigenvalue weighted by molar-refractivity contribution is 5.75. The van der Waals surface area contributed by atoms with Crippen molar-refractivity contribution in [2.24, 2.45) is 18.7 Å². The Labute approximate surface area is 114 Å². The molecular formula is C16H23N3. The van der Waals surface area contributed by atoms with Crippen molar-refractivity contribution in [3.05, 3.63) is 30.1 Å². The molecule has 1 aromatic heterocycles. The van der Waals surface area contributed by atoms with Crippen LogP contribution in [0, 0.1) is 5.92 Å². The Morgan fingerprint density at radius 1 is 1.26 bits per heavy atom. The lowest BCUT2D eigenvalue weighted by molar-refractivity contribution is 0.419. The minimum Gasteiger partial charge on any atom is -0.331 e. The Morgan fingerprint density at radius 3 is 2.89 bits per heavy atom. The van der Waals surface area contributed by atoms with E-state index in [0.29, 0.717) is 12.0 Å². The van der Waals surface area contributed by atoms with Crippen LogP contribution in [-0.2, 0) is 13.5 Å². The number of aromatic nitrogens is 2. The van der Waals surface area contributed by atoms with Crippen LogP contribution in [0.1, 0.15) is 37.9 Å². The van der Waals surface area contributed by atoms with E-state index in [2.05, 4.69) is 35.9 Å². The van der Waals surface area contributed by atoms with E-state index in [-0.39, 0.29) is 0 Å². The summed E-state index contributed by atoms with van der Waals surface area (Å²) in [5, 5.41) is 0. The molecule has 0 amide bonds. The van der Waals surface area contributed by atoms with Crippen LogP contribution in [0.2, 0.25) is 0 Å². The molecular weight excluding hydrogens is 234 g/mol. The van der Waals surface area contributed by atoms with E-state index < -0.39 is 0 Å². The summed E-state index contributed by atoms with van der Waals surface area (Å²) in [5.41, 5.74) is 8.51. The Bertz CT molecular complexity index is 558. The smallest absolute Gasteiger partial charge is 0.109 e. The zero-order valence-corrected chi connectivity index (χ0v) is 11.7. The van der Waals surface area contributed by atoms with Gasteiger partial charge in [-0.05, 0) is 37.3 Å². The van der Waals surface area contributed by atoms with Crippen molar-refractivity contribution in [3.8, 4) is 0 Å². The van der Waals surface area contributed by atoms with Gasteiger partial charge in [0.25, 0.3) is 0 Å². The van der Waals surface area contributed by atoms with Gasteiger partial charge < -0.3 is 10.3 Å². The molecule has 102 valence electrons. The first-order valence-corrected chi connectivity index (χ1v) is 7.40. The van der Waals surface area contributed by atoms with Crippen LogP contribution in [0.3, 0.4) is 0 Å². The summed E-state index contributed by atoms with van der Waals surface area (Å²) in [7, 11) is 2.13. The summed E-state index contributed by atoms with van der Waals surface area (Å²) in [6.45, 7) is 0. The molecule has 2 aromatic rings. The van der Waals surface area contributed by atoms with Crippen LogP contribution >= 0.6 is 0 Å². The largest absolute Gasteiger partial charge is 0.331 e. The molecule has 3 rings (SSSR count). The quantitative estimate of drug-likeness (QED) is 0.840. The maximum atomic E-state index is 6.16. The fourth-order valence-corrected chi connectivity index (χ4v) is 3.32. The molecule has 2 atom stereocenters. The average molecular weight is 257 g/mol. The molecule has 0 spiro atoms. The number of rotatable bonds is 2. The number of fused-ring (bicyclic) bond motifs is 1. The molecule has 0 aliphatic heterocycles. The number of hydrogen-bond donors (Lipinski definition) is 1. The third-order valence-electron chi connectivity index (χ3n) is 4.42. The molecule has 0 saturated heterocycles. The molecule has 3 heteroatoms. The second-order valence-corrected chi connectivity index (χ2v) is 5.93. The van der Waals surface area contributed by atoms with Crippen molar-refractivity contribution in [3.63, 3.8) is 0 Å². The summed E-state index contributed by atoms with van der Waals surface area (Å²) in [6.07, 6.45) is 7.33. The number of benzene rings is 1. The van der Waals surface area contributed by atoms with Gasteiger partial charge >= 0.3 is 0 Å². The number of nitrogens with zero attached hydrogens (tertiary/aromatic N) is 2. The molecule has 19 heavy (non-hydrogen) atoms. The summed E-state index contributed by atoms with van der Waals surface area (Å²) >= 11 is 0. The van der Waals surface area contributed by atoms with E-state index in [0.717, 1.165) is 18.4 Å². The van der Waals surface area contributed by atoms with Crippen molar-refractivity contribution in [1.82, 2.24) is 9.55 Å². The molecule has 1 fully saturated rings. The second kappa shape index (κ2) is 5.33. The van der Waals surface area contributed by atoms with Crippen LogP contribution in [0.15, 0.2) is 24.3 Å². The number of para-hydroxylation sites is 2. The zero-order chi connectivity index (χ0) is 13.2. The Kier molecular flexibility index (Phi) is 3.56. The van der Waals surface area contributed by atoms with Crippen LogP contribution in [-0.4, -0.2) is 15.6 Å². The van der Waals surface area contributed by atoms with Gasteiger partial charge in [0.1, 0.15) is 5.82 Å². The number of aryl methyl sites for hydroxylation is 1. The highest BCUT2D eigenvalue weighted by Gasteiger charge is 2.20. The first-order valence-electron chi connectivity index (χ1n) is 7.40. The molecule has 1 heterocycles. The van der Waals surface area contributed by atoms with Crippen molar-refractivity contribution in [2.75, 3.05) is 0 Å². The summed E-state index contributed by atoms with van der Waals surface area (Å²) in [5.74, 6) is 1.91. The van der Waals surface area contributed by atoms with Gasteiger partial charge in [0.05, 0.1) is 11.0 Å². The Hall–Kier alpha value is -1.35. The fourth-order valence-electron chi connectivity index (χ4n) is 3.32. The summed E-state index contributed by atoms with van der Waals surface area (Å²) in [6, 6.07) is 8.76. The monoisotopic (exact) mass is 257 g/mol. The molecule has 1 aromatic carbocycles. The maximum absolute atomic E-state index is 6.16. The molecule has 1 aliphatic carbocycles. The third kappa shape index (κ3) is 2.66. The fraction of sp³-hybridized carbons (Fsp3) is 0.562. The van der Waals surface area contributed by atoms with Gasteiger partial charge in [-0.1, -0.05) is 25.0 Å². The number of hydrogen-bond acceptors (Lipinski definition) is 2. The first kappa shape index (κ1) is 12.7. The average Bonchev–Trinajstić information content (AvgIpc) is 2.58. The lowest BCUT2D eigenvalue weighted by atomic mass is 9.94. The lowest BCUT2D eigenvalue weighted by Gasteiger charge is -2.16. The van der Waals surface area contributed by atoms with E-state index in [1.807, 2.05) is 0 Å². The highest BCUT2D eigenvalue weighted by atomic mass is 15.1. The predicted molar refractivity (Wildman–Crippen MR) is 79.0 cm³/mol. The van der Waals surface area contributed by atoms with Gasteiger partial charge in [-0.3, -0.25) is 0 Å². The molecule has 2 unspecified atom stereocenters. The first-order chi connectivity index (χ1) is 9.24. The van der Waals surface area contributed by atoms with E-state index >= 15 is 0 Å². The molecule has 3 nitrogen and oxygen atoms in total. The Balaban J connectivity index is 1.82. The molecule has 2 N–H and O–H groups in total. The van der Waals surface area contributed by atoms with E-state index in [1.165, 1.54) is 37.0 Å². The van der Waals surface area contributed by atoms with E-state index in [4.69, 9.17) is 10.7 Å². The minimum atomic E-state index is 0.391. The van der Waals surface area contributed by atoms with Crippen molar-refractivity contribution >= 4 is 11.0 Å². The third-order valence-corrected chi connectivity index (χ3v) is 4.42. The van der Waals surface area contributed by atoms with Gasteiger partial charge in [0.2, 0.25) is 0 Å². The molecule has 1 aliphatic rings. The van der Waals surface area contributed by atoms with Crippen LogP contribution in [0.5, 0.6) is 0 Å². The van der Waals surface area contributed by atoms with Crippen LogP contribution in [0.25, 0.3) is 11.0 Å². The SMILES string of the molecule is Cn1c(CC2CCCCC(N)C2)nc2ccccc21.